The molecule has 122 valence electrons. The largest absolute Gasteiger partial charge is 0.463 e. The molecular formula is C15H24N4O2S. The molecule has 1 unspecified atom stereocenters. The highest BCUT2D eigenvalue weighted by Crippen LogP contribution is 2.25. The Balaban J connectivity index is 1.98. The topological polar surface area (TPSA) is 68.5 Å². The monoisotopic (exact) mass is 324 g/mol. The molecule has 0 radical (unpaired) electrons. The highest BCUT2D eigenvalue weighted by Gasteiger charge is 2.20. The molecule has 2 aromatic heterocycles. The predicted molar refractivity (Wildman–Crippen MR) is 88.4 cm³/mol. The average molecular weight is 324 g/mol. The van der Waals surface area contributed by atoms with Crippen molar-refractivity contribution in [1.29, 1.82) is 0 Å². The third-order valence-electron chi connectivity index (χ3n) is 3.13. The molecule has 0 amide bonds. The summed E-state index contributed by atoms with van der Waals surface area (Å²) in [6.45, 7) is 12.4. The fourth-order valence-electron chi connectivity index (χ4n) is 1.81. The van der Waals surface area contributed by atoms with E-state index >= 15 is 0 Å². The Morgan fingerprint density at radius 2 is 2.09 bits per heavy atom. The number of nitrogens with zero attached hydrogens (tertiary/aromatic N) is 3. The smallest absolute Gasteiger partial charge is 0.310 e. The number of hydrogen-bond acceptors (Lipinski definition) is 6. The van der Waals surface area contributed by atoms with Crippen LogP contribution < -0.4 is 5.32 Å². The maximum atomic E-state index is 11.8. The molecule has 0 bridgehead atoms. The lowest BCUT2D eigenvalue weighted by molar-refractivity contribution is -0.151. The van der Waals surface area contributed by atoms with Crippen molar-refractivity contribution in [2.45, 2.75) is 53.1 Å². The number of rotatable bonds is 5. The first-order valence-electron chi connectivity index (χ1n) is 7.48. The standard InChI is InChI=1S/C15H24N4O2S/c1-9(2)21-12(20)10(3)7-16-13-18-19-8-11(15(4,5)6)17-14(19)22-13/h8-10H,7H2,1-6H3,(H,16,18). The number of nitrogens with one attached hydrogen (secondary N) is 1. The van der Waals surface area contributed by atoms with Crippen molar-refractivity contribution in [3.63, 3.8) is 0 Å². The Bertz CT molecular complexity index is 623. The van der Waals surface area contributed by atoms with Crippen LogP contribution in [0.1, 0.15) is 47.2 Å². The van der Waals surface area contributed by atoms with Crippen LogP contribution >= 0.6 is 11.3 Å². The molecule has 7 heteroatoms. The van der Waals surface area contributed by atoms with Crippen LogP contribution in [0.15, 0.2) is 6.20 Å². The first kappa shape index (κ1) is 16.7. The van der Waals surface area contributed by atoms with Gasteiger partial charge in [-0.05, 0) is 13.8 Å². The molecule has 0 aliphatic carbocycles. The van der Waals surface area contributed by atoms with Gasteiger partial charge >= 0.3 is 5.97 Å². The summed E-state index contributed by atoms with van der Waals surface area (Å²) in [6.07, 6.45) is 1.86. The van der Waals surface area contributed by atoms with E-state index in [4.69, 9.17) is 4.74 Å². The molecule has 0 aliphatic rings. The molecule has 2 heterocycles. The zero-order chi connectivity index (χ0) is 16.5. The van der Waals surface area contributed by atoms with E-state index in [2.05, 4.69) is 36.2 Å². The Morgan fingerprint density at radius 1 is 1.41 bits per heavy atom. The summed E-state index contributed by atoms with van der Waals surface area (Å²) in [5.74, 6) is -0.414. The van der Waals surface area contributed by atoms with E-state index in [0.29, 0.717) is 6.54 Å². The number of hydrogen-bond donors (Lipinski definition) is 1. The van der Waals surface area contributed by atoms with E-state index in [9.17, 15) is 4.79 Å². The predicted octanol–water partition coefficient (Wildman–Crippen LogP) is 3.09. The van der Waals surface area contributed by atoms with Crippen molar-refractivity contribution in [2.24, 2.45) is 5.92 Å². The van der Waals surface area contributed by atoms with Crippen molar-refractivity contribution < 1.29 is 9.53 Å². The highest BCUT2D eigenvalue weighted by molar-refractivity contribution is 7.20. The first-order valence-corrected chi connectivity index (χ1v) is 8.29. The second-order valence-corrected chi connectivity index (χ2v) is 7.73. The molecule has 0 fully saturated rings. The molecular weight excluding hydrogens is 300 g/mol. The summed E-state index contributed by atoms with van der Waals surface area (Å²) in [4.78, 5) is 17.2. The SMILES string of the molecule is CC(C)OC(=O)C(C)CNc1nn2cc(C(C)(C)C)nc2s1. The summed E-state index contributed by atoms with van der Waals surface area (Å²) < 4.78 is 6.97. The second-order valence-electron chi connectivity index (χ2n) is 6.78. The zero-order valence-electron chi connectivity index (χ0n) is 14.0. The Kier molecular flexibility index (Phi) is 4.75. The quantitative estimate of drug-likeness (QED) is 0.856. The van der Waals surface area contributed by atoms with Gasteiger partial charge in [-0.3, -0.25) is 4.79 Å². The minimum absolute atomic E-state index is 0.0100. The van der Waals surface area contributed by atoms with Gasteiger partial charge in [0.25, 0.3) is 0 Å². The first-order chi connectivity index (χ1) is 10.2. The number of ether oxygens (including phenoxy) is 1. The van der Waals surface area contributed by atoms with Gasteiger partial charge in [0.2, 0.25) is 10.1 Å². The van der Waals surface area contributed by atoms with Crippen LogP contribution in [0.4, 0.5) is 5.13 Å². The number of carbonyl (C=O) groups excluding carboxylic acids is 1. The summed E-state index contributed by atoms with van der Waals surface area (Å²) in [5, 5.41) is 8.38. The van der Waals surface area contributed by atoms with E-state index in [1.807, 2.05) is 27.0 Å². The van der Waals surface area contributed by atoms with Crippen molar-refractivity contribution in [3.05, 3.63) is 11.9 Å². The molecule has 2 rings (SSSR count). The summed E-state index contributed by atoms with van der Waals surface area (Å²) in [6, 6.07) is 0. The van der Waals surface area contributed by atoms with Gasteiger partial charge in [-0.15, -0.1) is 5.10 Å². The van der Waals surface area contributed by atoms with Crippen molar-refractivity contribution in [1.82, 2.24) is 14.6 Å². The summed E-state index contributed by atoms with van der Waals surface area (Å²) in [7, 11) is 0. The molecule has 0 saturated carbocycles. The maximum absolute atomic E-state index is 11.8. The van der Waals surface area contributed by atoms with Gasteiger partial charge in [0, 0.05) is 12.0 Å². The molecule has 22 heavy (non-hydrogen) atoms. The Labute approximate surface area is 134 Å². The minimum atomic E-state index is -0.219. The molecule has 2 aromatic rings. The van der Waals surface area contributed by atoms with E-state index in [0.717, 1.165) is 15.8 Å². The van der Waals surface area contributed by atoms with E-state index in [1.54, 1.807) is 4.52 Å². The van der Waals surface area contributed by atoms with Crippen LogP contribution in [0.2, 0.25) is 0 Å². The molecule has 0 spiro atoms. The molecule has 0 aromatic carbocycles. The van der Waals surface area contributed by atoms with Gasteiger partial charge in [-0.1, -0.05) is 39.0 Å². The normalized spacial score (nSPS) is 13.6. The van der Waals surface area contributed by atoms with Crippen LogP contribution in [-0.4, -0.2) is 33.2 Å². The maximum Gasteiger partial charge on any atom is 0.310 e. The van der Waals surface area contributed by atoms with Gasteiger partial charge in [0.05, 0.1) is 23.9 Å². The molecule has 0 aliphatic heterocycles. The lowest BCUT2D eigenvalue weighted by atomic mass is 9.93. The van der Waals surface area contributed by atoms with Crippen molar-refractivity contribution in [2.75, 3.05) is 11.9 Å². The molecule has 1 atom stereocenters. The zero-order valence-corrected chi connectivity index (χ0v) is 14.8. The van der Waals surface area contributed by atoms with E-state index in [1.165, 1.54) is 11.3 Å². The summed E-state index contributed by atoms with van der Waals surface area (Å²) in [5.41, 5.74) is 1.03. The van der Waals surface area contributed by atoms with Crippen LogP contribution in [0, 0.1) is 5.92 Å². The third-order valence-corrected chi connectivity index (χ3v) is 4.01. The average Bonchev–Trinajstić information content (AvgIpc) is 2.91. The van der Waals surface area contributed by atoms with Crippen LogP contribution in [-0.2, 0) is 14.9 Å². The minimum Gasteiger partial charge on any atom is -0.463 e. The van der Waals surface area contributed by atoms with Crippen LogP contribution in [0.5, 0.6) is 0 Å². The van der Waals surface area contributed by atoms with Crippen molar-refractivity contribution in [3.8, 4) is 0 Å². The number of imidazole rings is 1. The van der Waals surface area contributed by atoms with Crippen molar-refractivity contribution >= 4 is 27.4 Å². The van der Waals surface area contributed by atoms with Gasteiger partial charge in [0.1, 0.15) is 0 Å². The van der Waals surface area contributed by atoms with Gasteiger partial charge in [-0.2, -0.15) is 0 Å². The number of fused-ring (bicyclic) bond motifs is 1. The van der Waals surface area contributed by atoms with E-state index in [-0.39, 0.29) is 23.4 Å². The van der Waals surface area contributed by atoms with Gasteiger partial charge < -0.3 is 10.1 Å². The second kappa shape index (κ2) is 6.24. The number of anilines is 1. The number of esters is 1. The molecule has 6 nitrogen and oxygen atoms in total. The fraction of sp³-hybridized carbons (Fsp3) is 0.667. The molecule has 1 N–H and O–H groups in total. The van der Waals surface area contributed by atoms with Gasteiger partial charge in [0.15, 0.2) is 0 Å². The van der Waals surface area contributed by atoms with E-state index < -0.39 is 0 Å². The lowest BCUT2D eigenvalue weighted by Crippen LogP contribution is -2.24. The molecule has 0 saturated heterocycles. The van der Waals surface area contributed by atoms with Crippen LogP contribution in [0.25, 0.3) is 4.96 Å². The third kappa shape index (κ3) is 3.97. The number of carbonyl (C=O) groups is 1. The summed E-state index contributed by atoms with van der Waals surface area (Å²) >= 11 is 1.48. The Hall–Kier alpha value is -1.63. The fourth-order valence-corrected chi connectivity index (χ4v) is 2.59. The van der Waals surface area contributed by atoms with Crippen LogP contribution in [0.3, 0.4) is 0 Å². The lowest BCUT2D eigenvalue weighted by Gasteiger charge is -2.14. The highest BCUT2D eigenvalue weighted by atomic mass is 32.1. The van der Waals surface area contributed by atoms with Gasteiger partial charge in [-0.25, -0.2) is 9.50 Å². The number of aromatic nitrogens is 3. The Morgan fingerprint density at radius 3 is 2.64 bits per heavy atom.